The first-order valence-electron chi connectivity index (χ1n) is 6.39. The van der Waals surface area contributed by atoms with E-state index in [0.29, 0.717) is 17.7 Å². The van der Waals surface area contributed by atoms with Crippen LogP contribution in [-0.4, -0.2) is 14.2 Å². The van der Waals surface area contributed by atoms with Crippen LogP contribution in [0.3, 0.4) is 0 Å². The molecule has 0 saturated heterocycles. The topological polar surface area (TPSA) is 21.3 Å². The highest BCUT2D eigenvalue weighted by molar-refractivity contribution is 14.1. The predicted octanol–water partition coefficient (Wildman–Crippen LogP) is 3.94. The fraction of sp³-hybridized carbons (Fsp3) is 0.250. The van der Waals surface area contributed by atoms with Crippen LogP contribution in [-0.2, 0) is 6.42 Å². The lowest BCUT2D eigenvalue weighted by molar-refractivity contribution is 0.383. The van der Waals surface area contributed by atoms with E-state index in [9.17, 15) is 4.39 Å². The molecule has 0 bridgehead atoms. The second-order valence-electron chi connectivity index (χ2n) is 4.53. The third-order valence-corrected chi connectivity index (χ3v) is 4.03. The highest BCUT2D eigenvalue weighted by atomic mass is 127. The molecule has 2 aromatic rings. The van der Waals surface area contributed by atoms with Gasteiger partial charge < -0.3 is 10.1 Å². The molecule has 0 aliphatic carbocycles. The van der Waals surface area contributed by atoms with Crippen molar-refractivity contribution in [1.29, 1.82) is 0 Å². The number of benzene rings is 2. The minimum absolute atomic E-state index is 0.0774. The van der Waals surface area contributed by atoms with Gasteiger partial charge in [-0.05, 0) is 65.4 Å². The van der Waals surface area contributed by atoms with E-state index in [-0.39, 0.29) is 11.9 Å². The van der Waals surface area contributed by atoms with Gasteiger partial charge in [0.15, 0.2) is 11.6 Å². The number of rotatable bonds is 5. The van der Waals surface area contributed by atoms with Crippen molar-refractivity contribution < 1.29 is 9.13 Å². The molecule has 0 saturated carbocycles. The third-order valence-electron chi connectivity index (χ3n) is 3.31. The molecule has 0 radical (unpaired) electrons. The molecule has 2 rings (SSSR count). The number of ether oxygens (including phenoxy) is 1. The number of likely N-dealkylation sites (N-methyl/N-ethyl adjacent to an activating group) is 1. The summed E-state index contributed by atoms with van der Waals surface area (Å²) in [5, 5.41) is 3.24. The lowest BCUT2D eigenvalue weighted by Crippen LogP contribution is -2.19. The quantitative estimate of drug-likeness (QED) is 0.788. The molecule has 0 amide bonds. The van der Waals surface area contributed by atoms with Crippen LogP contribution in [0.1, 0.15) is 17.2 Å². The molecule has 1 unspecified atom stereocenters. The molecule has 2 aromatic carbocycles. The molecular weight excluding hydrogens is 368 g/mol. The zero-order chi connectivity index (χ0) is 14.5. The smallest absolute Gasteiger partial charge is 0.168 e. The van der Waals surface area contributed by atoms with Gasteiger partial charge in [0, 0.05) is 9.61 Å². The summed E-state index contributed by atoms with van der Waals surface area (Å²) in [6.45, 7) is 0. The highest BCUT2D eigenvalue weighted by Crippen LogP contribution is 2.25. The highest BCUT2D eigenvalue weighted by Gasteiger charge is 2.15. The Balaban J connectivity index is 2.24. The molecule has 0 aromatic heterocycles. The normalized spacial score (nSPS) is 12.2. The summed E-state index contributed by atoms with van der Waals surface area (Å²) >= 11 is 2.27. The molecule has 20 heavy (non-hydrogen) atoms. The monoisotopic (exact) mass is 385 g/mol. The summed E-state index contributed by atoms with van der Waals surface area (Å²) in [6.07, 6.45) is 0.583. The lowest BCUT2D eigenvalue weighted by Gasteiger charge is -2.18. The molecule has 0 heterocycles. The van der Waals surface area contributed by atoms with Crippen LogP contribution < -0.4 is 10.1 Å². The number of hydrogen-bond acceptors (Lipinski definition) is 2. The van der Waals surface area contributed by atoms with Crippen molar-refractivity contribution >= 4 is 22.6 Å². The Morgan fingerprint density at radius 1 is 1.20 bits per heavy atom. The van der Waals surface area contributed by atoms with Crippen molar-refractivity contribution in [2.75, 3.05) is 14.2 Å². The van der Waals surface area contributed by atoms with Gasteiger partial charge in [-0.15, -0.1) is 0 Å². The molecule has 0 spiro atoms. The first-order chi connectivity index (χ1) is 9.65. The summed E-state index contributed by atoms with van der Waals surface area (Å²) in [5.74, 6) is 0.0146. The van der Waals surface area contributed by atoms with Crippen molar-refractivity contribution in [3.05, 3.63) is 63.0 Å². The van der Waals surface area contributed by atoms with E-state index in [2.05, 4.69) is 52.2 Å². The predicted molar refractivity (Wildman–Crippen MR) is 87.6 cm³/mol. The van der Waals surface area contributed by atoms with Crippen LogP contribution in [0.2, 0.25) is 0 Å². The molecule has 0 fully saturated rings. The largest absolute Gasteiger partial charge is 0.494 e. The SMILES string of the molecule is CNC(Cc1cccc(OC)c1F)c1ccc(I)cc1. The minimum Gasteiger partial charge on any atom is -0.494 e. The van der Waals surface area contributed by atoms with Crippen molar-refractivity contribution in [2.24, 2.45) is 0 Å². The van der Waals surface area contributed by atoms with Crippen LogP contribution in [0.25, 0.3) is 0 Å². The summed E-state index contributed by atoms with van der Waals surface area (Å²) in [6, 6.07) is 13.6. The maximum atomic E-state index is 14.2. The first-order valence-corrected chi connectivity index (χ1v) is 7.47. The second kappa shape index (κ2) is 7.04. The molecule has 0 aliphatic rings. The second-order valence-corrected chi connectivity index (χ2v) is 5.78. The van der Waals surface area contributed by atoms with E-state index in [1.165, 1.54) is 10.7 Å². The zero-order valence-corrected chi connectivity index (χ0v) is 13.6. The van der Waals surface area contributed by atoms with Crippen molar-refractivity contribution in [3.63, 3.8) is 0 Å². The summed E-state index contributed by atoms with van der Waals surface area (Å²) in [5.41, 5.74) is 1.80. The van der Waals surface area contributed by atoms with Crippen LogP contribution in [0, 0.1) is 9.39 Å². The van der Waals surface area contributed by atoms with Crippen LogP contribution in [0.15, 0.2) is 42.5 Å². The van der Waals surface area contributed by atoms with Gasteiger partial charge in [0.05, 0.1) is 7.11 Å². The van der Waals surface area contributed by atoms with Gasteiger partial charge in [-0.3, -0.25) is 0 Å². The summed E-state index contributed by atoms with van der Waals surface area (Å²) < 4.78 is 20.4. The fourth-order valence-electron chi connectivity index (χ4n) is 2.17. The van der Waals surface area contributed by atoms with Crippen LogP contribution in [0.4, 0.5) is 4.39 Å². The van der Waals surface area contributed by atoms with Crippen molar-refractivity contribution in [2.45, 2.75) is 12.5 Å². The Bertz CT molecular complexity index is 571. The molecule has 0 aliphatic heterocycles. The molecule has 2 nitrogen and oxygen atoms in total. The van der Waals surface area contributed by atoms with Crippen molar-refractivity contribution in [3.8, 4) is 5.75 Å². The number of methoxy groups -OCH3 is 1. The Morgan fingerprint density at radius 3 is 2.50 bits per heavy atom. The zero-order valence-electron chi connectivity index (χ0n) is 11.5. The maximum absolute atomic E-state index is 14.2. The number of halogens is 2. The maximum Gasteiger partial charge on any atom is 0.168 e. The average molecular weight is 385 g/mol. The van der Waals surface area contributed by atoms with E-state index in [4.69, 9.17) is 4.74 Å². The van der Waals surface area contributed by atoms with Gasteiger partial charge in [0.2, 0.25) is 0 Å². The van der Waals surface area contributed by atoms with Crippen LogP contribution >= 0.6 is 22.6 Å². The summed E-state index contributed by atoms with van der Waals surface area (Å²) in [4.78, 5) is 0. The number of nitrogens with one attached hydrogen (secondary N) is 1. The first kappa shape index (κ1) is 15.3. The fourth-order valence-corrected chi connectivity index (χ4v) is 2.53. The Hall–Kier alpha value is -1.14. The Labute approximate surface area is 132 Å². The van der Waals surface area contributed by atoms with E-state index < -0.39 is 0 Å². The van der Waals surface area contributed by atoms with E-state index in [1.807, 2.05) is 13.1 Å². The minimum atomic E-state index is -0.277. The molecule has 106 valence electrons. The molecule has 4 heteroatoms. The van der Waals surface area contributed by atoms with Gasteiger partial charge in [-0.1, -0.05) is 24.3 Å². The molecule has 1 N–H and O–H groups in total. The molecular formula is C16H17FINO. The van der Waals surface area contributed by atoms with Crippen molar-refractivity contribution in [1.82, 2.24) is 5.32 Å². The van der Waals surface area contributed by atoms with E-state index in [1.54, 1.807) is 12.1 Å². The average Bonchev–Trinajstić information content (AvgIpc) is 2.47. The van der Waals surface area contributed by atoms with Gasteiger partial charge in [-0.25, -0.2) is 4.39 Å². The Kier molecular flexibility index (Phi) is 5.37. The Morgan fingerprint density at radius 2 is 1.90 bits per heavy atom. The van der Waals surface area contributed by atoms with Gasteiger partial charge in [-0.2, -0.15) is 0 Å². The standard InChI is InChI=1S/C16H17FINO/c1-19-14(11-6-8-13(18)9-7-11)10-12-4-3-5-15(20-2)16(12)17/h3-9,14,19H,10H2,1-2H3. The lowest BCUT2D eigenvalue weighted by atomic mass is 9.98. The van der Waals surface area contributed by atoms with Gasteiger partial charge in [0.1, 0.15) is 0 Å². The molecule has 1 atom stereocenters. The van der Waals surface area contributed by atoms with Crippen LogP contribution in [0.5, 0.6) is 5.75 Å². The van der Waals surface area contributed by atoms with E-state index in [0.717, 1.165) is 5.56 Å². The van der Waals surface area contributed by atoms with Gasteiger partial charge >= 0.3 is 0 Å². The summed E-state index contributed by atoms with van der Waals surface area (Å²) in [7, 11) is 3.37. The van der Waals surface area contributed by atoms with E-state index >= 15 is 0 Å². The third kappa shape index (κ3) is 3.49. The van der Waals surface area contributed by atoms with Gasteiger partial charge in [0.25, 0.3) is 0 Å². The number of hydrogen-bond donors (Lipinski definition) is 1.